The molecular formula is C16H32O5. The Kier molecular flexibility index (Phi) is 15.5. The molecule has 0 spiro atoms. The van der Waals surface area contributed by atoms with E-state index < -0.39 is 0 Å². The van der Waals surface area contributed by atoms with Crippen molar-refractivity contribution >= 4 is 5.78 Å². The lowest BCUT2D eigenvalue weighted by Crippen LogP contribution is -2.19. The first-order valence-electron chi connectivity index (χ1n) is 8.06. The van der Waals surface area contributed by atoms with Gasteiger partial charge < -0.3 is 18.9 Å². The van der Waals surface area contributed by atoms with E-state index in [0.29, 0.717) is 39.6 Å². The number of ether oxygens (including phenoxy) is 4. The second-order valence-electron chi connectivity index (χ2n) is 5.02. The summed E-state index contributed by atoms with van der Waals surface area (Å²) < 4.78 is 21.3. The first kappa shape index (κ1) is 20.5. The molecule has 0 aromatic heterocycles. The zero-order valence-electron chi connectivity index (χ0n) is 13.9. The van der Waals surface area contributed by atoms with Gasteiger partial charge in [-0.3, -0.25) is 4.79 Å². The van der Waals surface area contributed by atoms with Crippen molar-refractivity contribution in [2.45, 2.75) is 40.0 Å². The van der Waals surface area contributed by atoms with Crippen LogP contribution in [-0.4, -0.2) is 58.6 Å². The maximum Gasteiger partial charge on any atom is 0.161 e. The normalized spacial score (nSPS) is 12.5. The largest absolute Gasteiger partial charge is 0.379 e. The summed E-state index contributed by atoms with van der Waals surface area (Å²) in [6.45, 7) is 10.3. The second-order valence-corrected chi connectivity index (χ2v) is 5.02. The van der Waals surface area contributed by atoms with Gasteiger partial charge in [0.1, 0.15) is 6.61 Å². The molecule has 1 atom stereocenters. The Balaban J connectivity index is 3.11. The van der Waals surface area contributed by atoms with Crippen LogP contribution in [-0.2, 0) is 23.7 Å². The number of ketones is 1. The number of carbonyl (C=O) groups is 1. The molecule has 1 unspecified atom stereocenters. The van der Waals surface area contributed by atoms with Crippen LogP contribution in [0.25, 0.3) is 0 Å². The molecule has 0 aliphatic rings. The zero-order valence-corrected chi connectivity index (χ0v) is 13.9. The number of rotatable bonds is 16. The Hall–Kier alpha value is -0.490. The molecule has 0 aromatic rings. The standard InChI is InChI=1S/C16H32O5/c1-4-6-7-18-8-9-19-10-11-20-12-13-21-14-16(17)15(3)5-2/h15H,4-14H2,1-3H3. The Labute approximate surface area is 129 Å². The number of hydrogen-bond donors (Lipinski definition) is 0. The van der Waals surface area contributed by atoms with Gasteiger partial charge >= 0.3 is 0 Å². The molecule has 0 saturated heterocycles. The molecule has 0 fully saturated rings. The second kappa shape index (κ2) is 15.9. The van der Waals surface area contributed by atoms with Gasteiger partial charge in [0, 0.05) is 12.5 Å². The first-order valence-corrected chi connectivity index (χ1v) is 8.06. The molecule has 5 nitrogen and oxygen atoms in total. The highest BCUT2D eigenvalue weighted by Gasteiger charge is 2.09. The topological polar surface area (TPSA) is 54.0 Å². The Morgan fingerprint density at radius 2 is 1.29 bits per heavy atom. The van der Waals surface area contributed by atoms with E-state index in [4.69, 9.17) is 18.9 Å². The maximum atomic E-state index is 11.5. The third-order valence-corrected chi connectivity index (χ3v) is 3.16. The van der Waals surface area contributed by atoms with Gasteiger partial charge in [0.25, 0.3) is 0 Å². The summed E-state index contributed by atoms with van der Waals surface area (Å²) in [6.07, 6.45) is 3.11. The third kappa shape index (κ3) is 14.2. The van der Waals surface area contributed by atoms with E-state index >= 15 is 0 Å². The lowest BCUT2D eigenvalue weighted by atomic mass is 10.1. The highest BCUT2D eigenvalue weighted by molar-refractivity contribution is 5.81. The Bertz CT molecular complexity index is 233. The molecule has 0 aromatic carbocycles. The van der Waals surface area contributed by atoms with Gasteiger partial charge in [0.2, 0.25) is 0 Å². The third-order valence-electron chi connectivity index (χ3n) is 3.16. The molecule has 0 bridgehead atoms. The minimum atomic E-state index is 0.0823. The quantitative estimate of drug-likeness (QED) is 0.410. The van der Waals surface area contributed by atoms with E-state index in [2.05, 4.69) is 6.92 Å². The summed E-state index contributed by atoms with van der Waals surface area (Å²) >= 11 is 0. The lowest BCUT2D eigenvalue weighted by molar-refractivity contribution is -0.127. The number of hydrogen-bond acceptors (Lipinski definition) is 5. The summed E-state index contributed by atoms with van der Waals surface area (Å²) in [4.78, 5) is 11.5. The van der Waals surface area contributed by atoms with Crippen LogP contribution in [0.15, 0.2) is 0 Å². The Morgan fingerprint density at radius 1 is 0.810 bits per heavy atom. The van der Waals surface area contributed by atoms with E-state index in [1.165, 1.54) is 0 Å². The van der Waals surface area contributed by atoms with Crippen LogP contribution < -0.4 is 0 Å². The van der Waals surface area contributed by atoms with Crippen molar-refractivity contribution < 1.29 is 23.7 Å². The molecule has 0 saturated carbocycles. The van der Waals surface area contributed by atoms with Crippen molar-refractivity contribution in [2.75, 3.05) is 52.9 Å². The molecule has 0 N–H and O–H groups in total. The fourth-order valence-electron chi connectivity index (χ4n) is 1.45. The van der Waals surface area contributed by atoms with E-state index in [0.717, 1.165) is 25.9 Å². The molecule has 0 amide bonds. The van der Waals surface area contributed by atoms with Crippen molar-refractivity contribution in [2.24, 2.45) is 5.92 Å². The molecular weight excluding hydrogens is 272 g/mol. The van der Waals surface area contributed by atoms with Gasteiger partial charge in [-0.1, -0.05) is 27.2 Å². The van der Waals surface area contributed by atoms with E-state index in [-0.39, 0.29) is 18.3 Å². The van der Waals surface area contributed by atoms with Gasteiger partial charge in [-0.25, -0.2) is 0 Å². The van der Waals surface area contributed by atoms with Gasteiger partial charge in [0.15, 0.2) is 5.78 Å². The fraction of sp³-hybridized carbons (Fsp3) is 0.938. The average Bonchev–Trinajstić information content (AvgIpc) is 2.50. The number of Topliss-reactive ketones (excluding diaryl/α,β-unsaturated/α-hetero) is 1. The zero-order chi connectivity index (χ0) is 15.8. The molecule has 0 rings (SSSR count). The highest BCUT2D eigenvalue weighted by atomic mass is 16.6. The van der Waals surface area contributed by atoms with Gasteiger partial charge in [-0.15, -0.1) is 0 Å². The molecule has 21 heavy (non-hydrogen) atoms. The van der Waals surface area contributed by atoms with Crippen molar-refractivity contribution in [3.63, 3.8) is 0 Å². The lowest BCUT2D eigenvalue weighted by Gasteiger charge is -2.09. The Morgan fingerprint density at radius 3 is 1.76 bits per heavy atom. The summed E-state index contributed by atoms with van der Waals surface area (Å²) in [6, 6.07) is 0. The van der Waals surface area contributed by atoms with Crippen molar-refractivity contribution in [1.82, 2.24) is 0 Å². The predicted octanol–water partition coefficient (Wildman–Crippen LogP) is 2.47. The summed E-state index contributed by atoms with van der Waals surface area (Å²) in [7, 11) is 0. The summed E-state index contributed by atoms with van der Waals surface area (Å²) in [5.41, 5.74) is 0. The van der Waals surface area contributed by atoms with Gasteiger partial charge in [-0.2, -0.15) is 0 Å². The number of carbonyl (C=O) groups excluding carboxylic acids is 1. The smallest absolute Gasteiger partial charge is 0.161 e. The first-order chi connectivity index (χ1) is 10.2. The number of unbranched alkanes of at least 4 members (excludes halogenated alkanes) is 1. The van der Waals surface area contributed by atoms with Crippen LogP contribution in [0.5, 0.6) is 0 Å². The van der Waals surface area contributed by atoms with Crippen LogP contribution in [0, 0.1) is 5.92 Å². The fourth-order valence-corrected chi connectivity index (χ4v) is 1.45. The molecule has 5 heteroatoms. The minimum absolute atomic E-state index is 0.0823. The summed E-state index contributed by atoms with van der Waals surface area (Å²) in [5, 5.41) is 0. The maximum absolute atomic E-state index is 11.5. The van der Waals surface area contributed by atoms with Crippen LogP contribution in [0.3, 0.4) is 0 Å². The molecule has 0 aliphatic heterocycles. The van der Waals surface area contributed by atoms with Gasteiger partial charge in [0.05, 0.1) is 39.6 Å². The predicted molar refractivity (Wildman–Crippen MR) is 82.6 cm³/mol. The van der Waals surface area contributed by atoms with Crippen LogP contribution >= 0.6 is 0 Å². The van der Waals surface area contributed by atoms with Gasteiger partial charge in [-0.05, 0) is 12.8 Å². The molecule has 0 radical (unpaired) electrons. The minimum Gasteiger partial charge on any atom is -0.379 e. The van der Waals surface area contributed by atoms with Crippen LogP contribution in [0.2, 0.25) is 0 Å². The SMILES string of the molecule is CCCCOCCOCCOCCOCC(=O)C(C)CC. The van der Waals surface area contributed by atoms with Crippen LogP contribution in [0.4, 0.5) is 0 Å². The van der Waals surface area contributed by atoms with E-state index in [9.17, 15) is 4.79 Å². The molecule has 0 heterocycles. The van der Waals surface area contributed by atoms with E-state index in [1.807, 2.05) is 13.8 Å². The van der Waals surface area contributed by atoms with Crippen molar-refractivity contribution in [1.29, 1.82) is 0 Å². The molecule has 126 valence electrons. The summed E-state index contributed by atoms with van der Waals surface area (Å²) in [5.74, 6) is 0.239. The van der Waals surface area contributed by atoms with E-state index in [1.54, 1.807) is 0 Å². The van der Waals surface area contributed by atoms with Crippen molar-refractivity contribution in [3.05, 3.63) is 0 Å². The van der Waals surface area contributed by atoms with Crippen LogP contribution in [0.1, 0.15) is 40.0 Å². The average molecular weight is 304 g/mol. The van der Waals surface area contributed by atoms with Crippen molar-refractivity contribution in [3.8, 4) is 0 Å². The monoisotopic (exact) mass is 304 g/mol. The molecule has 0 aliphatic carbocycles. The highest BCUT2D eigenvalue weighted by Crippen LogP contribution is 2.01.